The summed E-state index contributed by atoms with van der Waals surface area (Å²) in [5.74, 6) is -0.953. The molecule has 2 rings (SSSR count). The lowest BCUT2D eigenvalue weighted by molar-refractivity contribution is -0.146. The highest BCUT2D eigenvalue weighted by Gasteiger charge is 2.25. The van der Waals surface area contributed by atoms with Crippen molar-refractivity contribution >= 4 is 17.5 Å². The van der Waals surface area contributed by atoms with Crippen molar-refractivity contribution in [3.63, 3.8) is 0 Å². The zero-order valence-electron chi connectivity index (χ0n) is 14.6. The molecule has 6 nitrogen and oxygen atoms in total. The standard InChI is InChI=1S/C18H27N3O3/c1-3-24-13-5-8-19-17(22)18(23)21-11-9-20(10-12-21)16-7-4-6-15(2)14-16/h4,6-7,14H,3,5,8-13H2,1-2H3,(H,19,22). The van der Waals surface area contributed by atoms with Crippen LogP contribution in [0.1, 0.15) is 18.9 Å². The lowest BCUT2D eigenvalue weighted by Gasteiger charge is -2.35. The van der Waals surface area contributed by atoms with Gasteiger partial charge in [-0.1, -0.05) is 12.1 Å². The number of piperazine rings is 1. The minimum Gasteiger partial charge on any atom is -0.382 e. The maximum absolute atomic E-state index is 12.2. The first kappa shape index (κ1) is 18.3. The molecule has 1 aromatic rings. The third-order valence-electron chi connectivity index (χ3n) is 4.08. The first-order chi connectivity index (χ1) is 11.6. The van der Waals surface area contributed by atoms with Gasteiger partial charge >= 0.3 is 11.8 Å². The van der Waals surface area contributed by atoms with Crippen LogP contribution in [0.3, 0.4) is 0 Å². The van der Waals surface area contributed by atoms with Gasteiger partial charge in [0, 0.05) is 51.6 Å². The zero-order chi connectivity index (χ0) is 17.4. The maximum Gasteiger partial charge on any atom is 0.312 e. The largest absolute Gasteiger partial charge is 0.382 e. The van der Waals surface area contributed by atoms with E-state index in [1.807, 2.05) is 13.0 Å². The molecule has 0 aliphatic carbocycles. The lowest BCUT2D eigenvalue weighted by Crippen LogP contribution is -2.52. The van der Waals surface area contributed by atoms with Crippen LogP contribution >= 0.6 is 0 Å². The fraction of sp³-hybridized carbons (Fsp3) is 0.556. The highest BCUT2D eigenvalue weighted by atomic mass is 16.5. The summed E-state index contributed by atoms with van der Waals surface area (Å²) in [4.78, 5) is 28.0. The van der Waals surface area contributed by atoms with Gasteiger partial charge in [-0.05, 0) is 38.0 Å². The molecule has 1 aliphatic rings. The van der Waals surface area contributed by atoms with Gasteiger partial charge in [0.05, 0.1) is 0 Å². The maximum atomic E-state index is 12.2. The molecule has 0 unspecified atom stereocenters. The van der Waals surface area contributed by atoms with E-state index in [2.05, 4.69) is 35.3 Å². The Hall–Kier alpha value is -2.08. The Balaban J connectivity index is 1.75. The topological polar surface area (TPSA) is 61.9 Å². The molecular weight excluding hydrogens is 306 g/mol. The fourth-order valence-corrected chi connectivity index (χ4v) is 2.73. The summed E-state index contributed by atoms with van der Waals surface area (Å²) in [5, 5.41) is 2.67. The van der Waals surface area contributed by atoms with E-state index in [4.69, 9.17) is 4.74 Å². The van der Waals surface area contributed by atoms with Crippen LogP contribution in [0.2, 0.25) is 0 Å². The number of ether oxygens (including phenoxy) is 1. The Labute approximate surface area is 143 Å². The van der Waals surface area contributed by atoms with E-state index < -0.39 is 11.8 Å². The minimum atomic E-state index is -0.518. The number of amides is 2. The number of nitrogens with one attached hydrogen (secondary N) is 1. The van der Waals surface area contributed by atoms with Crippen molar-refractivity contribution < 1.29 is 14.3 Å². The van der Waals surface area contributed by atoms with Crippen LogP contribution in [0.5, 0.6) is 0 Å². The molecule has 1 heterocycles. The van der Waals surface area contributed by atoms with E-state index >= 15 is 0 Å². The summed E-state index contributed by atoms with van der Waals surface area (Å²) in [6, 6.07) is 8.33. The van der Waals surface area contributed by atoms with Crippen molar-refractivity contribution in [2.45, 2.75) is 20.3 Å². The third-order valence-corrected chi connectivity index (χ3v) is 4.08. The SMILES string of the molecule is CCOCCCNC(=O)C(=O)N1CCN(c2cccc(C)c2)CC1. The van der Waals surface area contributed by atoms with Crippen molar-refractivity contribution in [2.75, 3.05) is 50.8 Å². The molecule has 0 bridgehead atoms. The summed E-state index contributed by atoms with van der Waals surface area (Å²) in [5.41, 5.74) is 2.39. The Morgan fingerprint density at radius 1 is 1.21 bits per heavy atom. The number of rotatable bonds is 6. The third kappa shape index (κ3) is 5.23. The molecule has 6 heteroatoms. The van der Waals surface area contributed by atoms with Crippen LogP contribution in [0.15, 0.2) is 24.3 Å². The lowest BCUT2D eigenvalue weighted by atomic mass is 10.2. The molecule has 132 valence electrons. The van der Waals surface area contributed by atoms with Crippen molar-refractivity contribution in [3.05, 3.63) is 29.8 Å². The molecular formula is C18H27N3O3. The van der Waals surface area contributed by atoms with Crippen LogP contribution in [-0.4, -0.2) is 62.7 Å². The van der Waals surface area contributed by atoms with E-state index in [9.17, 15) is 9.59 Å². The smallest absolute Gasteiger partial charge is 0.312 e. The highest BCUT2D eigenvalue weighted by Crippen LogP contribution is 2.17. The summed E-state index contributed by atoms with van der Waals surface area (Å²) in [6.45, 7) is 8.35. The Morgan fingerprint density at radius 2 is 1.96 bits per heavy atom. The number of hydrogen-bond acceptors (Lipinski definition) is 4. The molecule has 1 saturated heterocycles. The van der Waals surface area contributed by atoms with Gasteiger partial charge in [-0.2, -0.15) is 0 Å². The van der Waals surface area contributed by atoms with E-state index in [-0.39, 0.29) is 0 Å². The zero-order valence-corrected chi connectivity index (χ0v) is 14.6. The van der Waals surface area contributed by atoms with Gasteiger partial charge in [-0.15, -0.1) is 0 Å². The Bertz CT molecular complexity index is 554. The van der Waals surface area contributed by atoms with Crippen LogP contribution in [0.4, 0.5) is 5.69 Å². The molecule has 1 aromatic carbocycles. The molecule has 1 aliphatic heterocycles. The second-order valence-corrected chi connectivity index (χ2v) is 5.92. The van der Waals surface area contributed by atoms with Crippen LogP contribution in [0.25, 0.3) is 0 Å². The molecule has 0 atom stereocenters. The number of carbonyl (C=O) groups excluding carboxylic acids is 2. The Kier molecular flexibility index (Phi) is 7.06. The molecule has 2 amide bonds. The van der Waals surface area contributed by atoms with Gasteiger partial charge in [0.25, 0.3) is 0 Å². The fourth-order valence-electron chi connectivity index (χ4n) is 2.73. The number of nitrogens with zero attached hydrogens (tertiary/aromatic N) is 2. The number of carbonyl (C=O) groups is 2. The summed E-state index contributed by atoms with van der Waals surface area (Å²) in [6.07, 6.45) is 0.716. The average molecular weight is 333 g/mol. The first-order valence-corrected chi connectivity index (χ1v) is 8.58. The van der Waals surface area contributed by atoms with E-state index in [0.717, 1.165) is 13.1 Å². The van der Waals surface area contributed by atoms with Crippen molar-refractivity contribution in [1.29, 1.82) is 0 Å². The predicted molar refractivity (Wildman–Crippen MR) is 94.1 cm³/mol. The molecule has 0 saturated carbocycles. The molecule has 24 heavy (non-hydrogen) atoms. The molecule has 0 radical (unpaired) electrons. The van der Waals surface area contributed by atoms with Gasteiger partial charge in [-0.25, -0.2) is 0 Å². The van der Waals surface area contributed by atoms with E-state index in [0.29, 0.717) is 39.3 Å². The van der Waals surface area contributed by atoms with Crippen molar-refractivity contribution in [2.24, 2.45) is 0 Å². The van der Waals surface area contributed by atoms with Crippen LogP contribution in [0, 0.1) is 6.92 Å². The second kappa shape index (κ2) is 9.27. The second-order valence-electron chi connectivity index (χ2n) is 5.92. The van der Waals surface area contributed by atoms with Crippen molar-refractivity contribution in [3.8, 4) is 0 Å². The van der Waals surface area contributed by atoms with Gasteiger partial charge in [0.15, 0.2) is 0 Å². The first-order valence-electron chi connectivity index (χ1n) is 8.58. The minimum absolute atomic E-state index is 0.435. The number of anilines is 1. The summed E-state index contributed by atoms with van der Waals surface area (Å²) >= 11 is 0. The van der Waals surface area contributed by atoms with Crippen molar-refractivity contribution in [1.82, 2.24) is 10.2 Å². The van der Waals surface area contributed by atoms with Gasteiger partial charge in [-0.3, -0.25) is 9.59 Å². The van der Waals surface area contributed by atoms with Crippen LogP contribution in [-0.2, 0) is 14.3 Å². The van der Waals surface area contributed by atoms with E-state index in [1.165, 1.54) is 11.3 Å². The normalized spacial score (nSPS) is 14.6. The molecule has 0 aromatic heterocycles. The molecule has 0 spiro atoms. The van der Waals surface area contributed by atoms with Gasteiger partial charge in [0.2, 0.25) is 0 Å². The van der Waals surface area contributed by atoms with E-state index in [1.54, 1.807) is 4.90 Å². The van der Waals surface area contributed by atoms with Crippen LogP contribution < -0.4 is 10.2 Å². The number of hydrogen-bond donors (Lipinski definition) is 1. The summed E-state index contributed by atoms with van der Waals surface area (Å²) in [7, 11) is 0. The van der Waals surface area contributed by atoms with Gasteiger partial charge in [0.1, 0.15) is 0 Å². The highest BCUT2D eigenvalue weighted by molar-refractivity contribution is 6.35. The quantitative estimate of drug-likeness (QED) is 0.627. The monoisotopic (exact) mass is 333 g/mol. The summed E-state index contributed by atoms with van der Waals surface area (Å²) < 4.78 is 5.20. The Morgan fingerprint density at radius 3 is 2.62 bits per heavy atom. The average Bonchev–Trinajstić information content (AvgIpc) is 2.61. The number of benzene rings is 1. The predicted octanol–water partition coefficient (Wildman–Crippen LogP) is 1.19. The van der Waals surface area contributed by atoms with Gasteiger partial charge < -0.3 is 19.9 Å². The number of aryl methyl sites for hydroxylation is 1. The molecule has 1 N–H and O–H groups in total. The molecule has 1 fully saturated rings.